The van der Waals surface area contributed by atoms with Crippen LogP contribution in [0.15, 0.2) is 0 Å². The first-order chi connectivity index (χ1) is 30.0. The molecule has 5 saturated heterocycles. The Balaban J connectivity index is 0.000000394. The lowest BCUT2D eigenvalue weighted by atomic mass is 9.99. The summed E-state index contributed by atoms with van der Waals surface area (Å²) in [4.78, 5) is 12.2. The second-order valence-corrected chi connectivity index (χ2v) is 21.3. The summed E-state index contributed by atoms with van der Waals surface area (Å²) in [5.74, 6) is 1.18. The van der Waals surface area contributed by atoms with Crippen molar-refractivity contribution in [1.29, 1.82) is 0 Å². The van der Waals surface area contributed by atoms with Gasteiger partial charge in [0.25, 0.3) is 5.92 Å². The molecule has 5 heterocycles. The van der Waals surface area contributed by atoms with Crippen molar-refractivity contribution in [3.05, 3.63) is 0 Å². The number of piperidine rings is 3. The topological polar surface area (TPSA) is 85.6 Å². The van der Waals surface area contributed by atoms with Crippen molar-refractivity contribution in [1.82, 2.24) is 51.1 Å². The van der Waals surface area contributed by atoms with Crippen LogP contribution in [0, 0.1) is 5.92 Å². The monoisotopic (exact) mass is 921 g/mol. The van der Waals surface area contributed by atoms with Crippen LogP contribution in [0.2, 0.25) is 0 Å². The van der Waals surface area contributed by atoms with E-state index in [0.717, 1.165) is 78.0 Å². The zero-order chi connectivity index (χ0) is 46.7. The summed E-state index contributed by atoms with van der Waals surface area (Å²) >= 11 is 2.08. The number of halogens is 2. The summed E-state index contributed by atoms with van der Waals surface area (Å²) in [5, 5.41) is 17.1. The summed E-state index contributed by atoms with van der Waals surface area (Å²) in [6, 6.07) is 2.97. The van der Waals surface area contributed by atoms with Gasteiger partial charge in [0.2, 0.25) is 0 Å². The maximum atomic E-state index is 12.8. The van der Waals surface area contributed by atoms with Crippen LogP contribution in [0.3, 0.4) is 0 Å². The van der Waals surface area contributed by atoms with E-state index >= 15 is 0 Å². The molecule has 5 rings (SSSR count). The third-order valence-corrected chi connectivity index (χ3v) is 13.0. The molecule has 0 saturated carbocycles. The number of thioether (sulfide) groups is 1. The highest BCUT2D eigenvalue weighted by molar-refractivity contribution is 7.99. The van der Waals surface area contributed by atoms with Gasteiger partial charge in [-0.15, -0.1) is 0 Å². The van der Waals surface area contributed by atoms with Crippen molar-refractivity contribution in [2.45, 2.75) is 157 Å². The molecule has 11 nitrogen and oxygen atoms in total. The van der Waals surface area contributed by atoms with E-state index in [1.54, 1.807) is 0 Å². The number of rotatable bonds is 20. The third-order valence-electron chi connectivity index (χ3n) is 12.0. The van der Waals surface area contributed by atoms with Gasteiger partial charge in [-0.3, -0.25) is 4.90 Å². The average Bonchev–Trinajstić information content (AvgIpc) is 3.24. The molecule has 0 spiro atoms. The molecule has 0 aliphatic carbocycles. The highest BCUT2D eigenvalue weighted by atomic mass is 32.2. The Bertz CT molecular complexity index is 915. The molecule has 0 aromatic rings. The lowest BCUT2D eigenvalue weighted by molar-refractivity contribution is -0.0548. The van der Waals surface area contributed by atoms with E-state index in [1.165, 1.54) is 103 Å². The van der Waals surface area contributed by atoms with E-state index in [0.29, 0.717) is 43.3 Å². The number of alkyl halides is 2. The van der Waals surface area contributed by atoms with Crippen molar-refractivity contribution in [2.24, 2.45) is 5.92 Å². The van der Waals surface area contributed by atoms with E-state index < -0.39 is 5.92 Å². The van der Waals surface area contributed by atoms with Crippen LogP contribution < -0.4 is 26.6 Å². The van der Waals surface area contributed by atoms with Crippen LogP contribution in [-0.4, -0.2) is 216 Å². The molecule has 5 fully saturated rings. The van der Waals surface area contributed by atoms with E-state index in [2.05, 4.69) is 139 Å². The highest BCUT2D eigenvalue weighted by Gasteiger charge is 2.33. The Morgan fingerprint density at radius 3 is 1.14 bits per heavy atom. The Kier molecular flexibility index (Phi) is 37.3. The molecule has 0 radical (unpaired) electrons. The second-order valence-electron chi connectivity index (χ2n) is 20.1. The second kappa shape index (κ2) is 38.7. The van der Waals surface area contributed by atoms with E-state index in [-0.39, 0.29) is 12.8 Å². The average molecular weight is 922 g/mol. The van der Waals surface area contributed by atoms with Crippen LogP contribution in [0.25, 0.3) is 0 Å². The minimum absolute atomic E-state index is 0.0225. The normalized spacial score (nSPS) is 21.0. The van der Waals surface area contributed by atoms with E-state index in [9.17, 15) is 8.78 Å². The first-order valence-electron chi connectivity index (χ1n) is 25.9. The molecular formula is C49H106F2N10OS. The molecule has 14 heteroatoms. The molecular weight excluding hydrogens is 815 g/mol. The number of ether oxygens (including phenoxy) is 1. The van der Waals surface area contributed by atoms with Gasteiger partial charge in [0, 0.05) is 159 Å². The van der Waals surface area contributed by atoms with Gasteiger partial charge in [0.15, 0.2) is 0 Å². The Morgan fingerprint density at radius 1 is 0.460 bits per heavy atom. The van der Waals surface area contributed by atoms with Gasteiger partial charge in [0.05, 0.1) is 13.2 Å². The highest BCUT2D eigenvalue weighted by Crippen LogP contribution is 2.27. The lowest BCUT2D eigenvalue weighted by Crippen LogP contribution is -2.43. The van der Waals surface area contributed by atoms with Crippen molar-refractivity contribution < 1.29 is 13.5 Å². The summed E-state index contributed by atoms with van der Waals surface area (Å²) in [7, 11) is 0. The van der Waals surface area contributed by atoms with Gasteiger partial charge in [-0.05, 0) is 57.8 Å². The minimum Gasteiger partial charge on any atom is -0.379 e. The largest absolute Gasteiger partial charge is 0.379 e. The molecule has 5 aliphatic heterocycles. The van der Waals surface area contributed by atoms with Gasteiger partial charge < -0.3 is 50.9 Å². The van der Waals surface area contributed by atoms with Crippen molar-refractivity contribution >= 4 is 11.8 Å². The molecule has 0 aromatic heterocycles. The molecule has 0 atom stereocenters. The number of nitrogens with zero attached hydrogens (tertiary/aromatic N) is 5. The summed E-state index contributed by atoms with van der Waals surface area (Å²) in [5.41, 5.74) is 0. The molecule has 0 bridgehead atoms. The van der Waals surface area contributed by atoms with Gasteiger partial charge in [-0.25, -0.2) is 8.78 Å². The quantitative estimate of drug-likeness (QED) is 0.0959. The minimum atomic E-state index is -2.41. The van der Waals surface area contributed by atoms with Crippen molar-refractivity contribution in [3.8, 4) is 0 Å². The van der Waals surface area contributed by atoms with Gasteiger partial charge in [0.1, 0.15) is 0 Å². The number of likely N-dealkylation sites (tertiary alicyclic amines) is 3. The van der Waals surface area contributed by atoms with Crippen LogP contribution in [0.5, 0.6) is 0 Å². The summed E-state index contributed by atoms with van der Waals surface area (Å²) in [6.07, 6.45) is 7.07. The molecule has 0 unspecified atom stereocenters. The lowest BCUT2D eigenvalue weighted by Gasteiger charge is -2.31. The molecule has 5 aliphatic rings. The zero-order valence-electron chi connectivity index (χ0n) is 43.2. The van der Waals surface area contributed by atoms with Gasteiger partial charge in [-0.2, -0.15) is 11.8 Å². The summed E-state index contributed by atoms with van der Waals surface area (Å²) < 4.78 is 30.8. The fraction of sp³-hybridized carbons (Fsp3) is 1.00. The third kappa shape index (κ3) is 38.4. The number of hydrogen-bond acceptors (Lipinski definition) is 12. The van der Waals surface area contributed by atoms with E-state index in [1.807, 2.05) is 0 Å². The first-order valence-corrected chi connectivity index (χ1v) is 27.0. The van der Waals surface area contributed by atoms with Crippen LogP contribution >= 0.6 is 11.8 Å². The Hall–Kier alpha value is -0.230. The molecule has 5 N–H and O–H groups in total. The molecule has 0 aromatic carbocycles. The van der Waals surface area contributed by atoms with Crippen LogP contribution in [0.4, 0.5) is 8.78 Å². The Labute approximate surface area is 393 Å². The van der Waals surface area contributed by atoms with Gasteiger partial charge >= 0.3 is 0 Å². The standard InChI is InChI=1S/C11H24N2.C10H20F2N2.C10H22N2.C9H20N2O.C9H20N2S/c1-10(2)12-6-9-13-7-4-11(3)5-8-13;1-9(2)13-5-8-14-6-3-10(11,12)4-7-14;1-10(2)11-6-9-12-7-4-3-5-8-12;2*1-9(2)10-3-4-11-5-7-12-8-6-11/h10-12H,4-9H2,1-3H3;9,13H,3-8H2,1-2H3;10-11H,3-9H2,1-2H3;2*9-10H,3-8H2,1-2H3. The summed E-state index contributed by atoms with van der Waals surface area (Å²) in [6.45, 7) is 48.2. The van der Waals surface area contributed by atoms with Gasteiger partial charge in [-0.1, -0.05) is 82.6 Å². The Morgan fingerprint density at radius 2 is 0.778 bits per heavy atom. The molecule has 378 valence electrons. The van der Waals surface area contributed by atoms with Crippen LogP contribution in [-0.2, 0) is 4.74 Å². The fourth-order valence-electron chi connectivity index (χ4n) is 7.78. The van der Waals surface area contributed by atoms with Crippen molar-refractivity contribution in [3.63, 3.8) is 0 Å². The maximum Gasteiger partial charge on any atom is 0.250 e. The molecule has 0 amide bonds. The SMILES string of the molecule is CC(C)NCCN1CCC(F)(F)CC1.CC(C)NCCN1CCCCC1.CC(C)NCCN1CCOCC1.CC(C)NCCN1CCSCC1.CC1CCN(CCNC(C)C)CC1. The predicted octanol–water partition coefficient (Wildman–Crippen LogP) is 6.25. The molecule has 63 heavy (non-hydrogen) atoms. The zero-order valence-corrected chi connectivity index (χ0v) is 44.0. The fourth-order valence-corrected chi connectivity index (χ4v) is 8.76. The van der Waals surface area contributed by atoms with Crippen molar-refractivity contribution in [2.75, 3.05) is 156 Å². The predicted molar refractivity (Wildman–Crippen MR) is 272 cm³/mol. The smallest absolute Gasteiger partial charge is 0.250 e. The van der Waals surface area contributed by atoms with E-state index in [4.69, 9.17) is 4.74 Å². The number of hydrogen-bond donors (Lipinski definition) is 5. The maximum absolute atomic E-state index is 12.8. The first kappa shape index (κ1) is 60.8. The number of morpholine rings is 1. The van der Waals surface area contributed by atoms with Crippen LogP contribution in [0.1, 0.15) is 121 Å². The number of nitrogens with one attached hydrogen (secondary N) is 5.